The third-order valence-corrected chi connectivity index (χ3v) is 8.21. The summed E-state index contributed by atoms with van der Waals surface area (Å²) in [6, 6.07) is 56.4. The van der Waals surface area contributed by atoms with Crippen molar-refractivity contribution in [2.45, 2.75) is 0 Å². The second-order valence-corrected chi connectivity index (χ2v) is 11.1. The lowest BCUT2D eigenvalue weighted by atomic mass is 9.94. The van der Waals surface area contributed by atoms with E-state index in [1.54, 1.807) is 0 Å². The average Bonchev–Trinajstić information content (AvgIpc) is 3.15. The van der Waals surface area contributed by atoms with Crippen LogP contribution in [0.4, 0.5) is 0 Å². The number of hydrogen-bond acceptors (Lipinski definition) is 4. The molecule has 0 N–H and O–H groups in total. The second-order valence-electron chi connectivity index (χ2n) is 11.1. The Morgan fingerprint density at radius 1 is 0.326 bits per heavy atom. The smallest absolute Gasteiger partial charge is 0.164 e. The molecule has 0 aliphatic carbocycles. The first-order valence-electron chi connectivity index (χ1n) is 15.3. The standard InChI is InChI=1S/C42H28N4/c1-3-10-32(11-4-1)40-44-41(33-12-5-2-6-13-33)46-42(45-40)34-23-19-30(20-24-34)37-15-9-14-36-28-35(25-26-38(36)37)29-17-21-31(22-18-29)39-16-7-8-27-43-39/h1-28H. The molecule has 216 valence electrons. The van der Waals surface area contributed by atoms with E-state index >= 15 is 0 Å². The summed E-state index contributed by atoms with van der Waals surface area (Å²) in [6.45, 7) is 0. The fourth-order valence-corrected chi connectivity index (χ4v) is 5.82. The fraction of sp³-hybridized carbons (Fsp3) is 0. The highest BCUT2D eigenvalue weighted by Crippen LogP contribution is 2.34. The van der Waals surface area contributed by atoms with E-state index < -0.39 is 0 Å². The van der Waals surface area contributed by atoms with Crippen molar-refractivity contribution in [2.75, 3.05) is 0 Å². The molecule has 0 saturated heterocycles. The number of fused-ring (bicyclic) bond motifs is 1. The van der Waals surface area contributed by atoms with Gasteiger partial charge in [-0.15, -0.1) is 0 Å². The number of rotatable bonds is 6. The van der Waals surface area contributed by atoms with Gasteiger partial charge in [0.1, 0.15) is 0 Å². The molecule has 4 heteroatoms. The average molecular weight is 589 g/mol. The highest BCUT2D eigenvalue weighted by atomic mass is 15.0. The van der Waals surface area contributed by atoms with Crippen molar-refractivity contribution in [3.63, 3.8) is 0 Å². The van der Waals surface area contributed by atoms with Crippen LogP contribution in [0.3, 0.4) is 0 Å². The van der Waals surface area contributed by atoms with Crippen LogP contribution in [0.25, 0.3) is 78.4 Å². The maximum absolute atomic E-state index is 4.89. The van der Waals surface area contributed by atoms with Crippen LogP contribution in [-0.2, 0) is 0 Å². The van der Waals surface area contributed by atoms with E-state index in [1.807, 2.05) is 85.1 Å². The molecule has 0 spiro atoms. The monoisotopic (exact) mass is 588 g/mol. The lowest BCUT2D eigenvalue weighted by molar-refractivity contribution is 1.07. The molecule has 6 aromatic carbocycles. The third-order valence-electron chi connectivity index (χ3n) is 8.21. The molecule has 8 rings (SSSR count). The normalized spacial score (nSPS) is 11.0. The molecule has 0 radical (unpaired) electrons. The van der Waals surface area contributed by atoms with Gasteiger partial charge in [-0.3, -0.25) is 4.98 Å². The van der Waals surface area contributed by atoms with Gasteiger partial charge in [0.25, 0.3) is 0 Å². The van der Waals surface area contributed by atoms with E-state index in [4.69, 9.17) is 15.0 Å². The number of aromatic nitrogens is 4. The summed E-state index contributed by atoms with van der Waals surface area (Å²) in [4.78, 5) is 19.1. The topological polar surface area (TPSA) is 51.6 Å². The lowest BCUT2D eigenvalue weighted by Crippen LogP contribution is -2.00. The zero-order valence-corrected chi connectivity index (χ0v) is 25.0. The van der Waals surface area contributed by atoms with Crippen molar-refractivity contribution in [1.82, 2.24) is 19.9 Å². The molecule has 0 fully saturated rings. The van der Waals surface area contributed by atoms with Crippen LogP contribution in [0.5, 0.6) is 0 Å². The summed E-state index contributed by atoms with van der Waals surface area (Å²) >= 11 is 0. The third kappa shape index (κ3) is 5.44. The molecule has 0 bridgehead atoms. The van der Waals surface area contributed by atoms with E-state index in [2.05, 4.69) is 89.9 Å². The highest BCUT2D eigenvalue weighted by Gasteiger charge is 2.13. The Morgan fingerprint density at radius 3 is 1.46 bits per heavy atom. The van der Waals surface area contributed by atoms with Gasteiger partial charge in [0.05, 0.1) is 5.69 Å². The molecular formula is C42H28N4. The number of nitrogens with zero attached hydrogens (tertiary/aromatic N) is 4. The van der Waals surface area contributed by atoms with Gasteiger partial charge in [-0.25, -0.2) is 15.0 Å². The van der Waals surface area contributed by atoms with Crippen LogP contribution in [-0.4, -0.2) is 19.9 Å². The quantitative estimate of drug-likeness (QED) is 0.194. The van der Waals surface area contributed by atoms with Crippen molar-refractivity contribution in [3.05, 3.63) is 170 Å². The van der Waals surface area contributed by atoms with Crippen molar-refractivity contribution in [3.8, 4) is 67.7 Å². The second kappa shape index (κ2) is 12.0. The minimum absolute atomic E-state index is 0.649. The van der Waals surface area contributed by atoms with Crippen LogP contribution in [0.15, 0.2) is 170 Å². The summed E-state index contributed by atoms with van der Waals surface area (Å²) in [5.41, 5.74) is 9.64. The molecule has 2 aromatic heterocycles. The molecule has 8 aromatic rings. The fourth-order valence-electron chi connectivity index (χ4n) is 5.82. The molecule has 2 heterocycles. The van der Waals surface area contributed by atoms with Crippen molar-refractivity contribution < 1.29 is 0 Å². The minimum atomic E-state index is 0.649. The van der Waals surface area contributed by atoms with Crippen molar-refractivity contribution in [2.24, 2.45) is 0 Å². The van der Waals surface area contributed by atoms with E-state index in [0.717, 1.165) is 33.5 Å². The molecule has 0 saturated carbocycles. The molecule has 4 nitrogen and oxygen atoms in total. The largest absolute Gasteiger partial charge is 0.256 e. The van der Waals surface area contributed by atoms with Gasteiger partial charge in [0.15, 0.2) is 17.5 Å². The van der Waals surface area contributed by atoms with Crippen molar-refractivity contribution >= 4 is 10.8 Å². The van der Waals surface area contributed by atoms with Gasteiger partial charge >= 0.3 is 0 Å². The zero-order chi connectivity index (χ0) is 30.7. The van der Waals surface area contributed by atoms with Crippen LogP contribution in [0.2, 0.25) is 0 Å². The summed E-state index contributed by atoms with van der Waals surface area (Å²) in [5.74, 6) is 1.96. The maximum atomic E-state index is 4.89. The van der Waals surface area contributed by atoms with Gasteiger partial charge in [-0.1, -0.05) is 146 Å². The van der Waals surface area contributed by atoms with E-state index in [9.17, 15) is 0 Å². The molecule has 0 atom stereocenters. The molecular weight excluding hydrogens is 560 g/mol. The molecule has 0 unspecified atom stereocenters. The first-order chi connectivity index (χ1) is 22.8. The van der Waals surface area contributed by atoms with Crippen LogP contribution in [0.1, 0.15) is 0 Å². The highest BCUT2D eigenvalue weighted by molar-refractivity contribution is 5.99. The van der Waals surface area contributed by atoms with Gasteiger partial charge in [0, 0.05) is 28.5 Å². The Hall–Kier alpha value is -6.26. The van der Waals surface area contributed by atoms with Crippen LogP contribution < -0.4 is 0 Å². The van der Waals surface area contributed by atoms with Gasteiger partial charge in [-0.2, -0.15) is 0 Å². The Morgan fingerprint density at radius 2 is 0.848 bits per heavy atom. The van der Waals surface area contributed by atoms with E-state index in [-0.39, 0.29) is 0 Å². The lowest BCUT2D eigenvalue weighted by Gasteiger charge is -2.11. The first kappa shape index (κ1) is 27.3. The molecule has 0 amide bonds. The van der Waals surface area contributed by atoms with Gasteiger partial charge < -0.3 is 0 Å². The predicted octanol–water partition coefficient (Wildman–Crippen LogP) is 10.4. The summed E-state index contributed by atoms with van der Waals surface area (Å²) < 4.78 is 0. The molecule has 0 aliphatic rings. The minimum Gasteiger partial charge on any atom is -0.256 e. The van der Waals surface area contributed by atoms with Crippen LogP contribution >= 0.6 is 0 Å². The Labute approximate surface area is 267 Å². The molecule has 46 heavy (non-hydrogen) atoms. The number of hydrogen-bond donors (Lipinski definition) is 0. The summed E-state index contributed by atoms with van der Waals surface area (Å²) in [6.07, 6.45) is 1.83. The van der Waals surface area contributed by atoms with Crippen LogP contribution in [0, 0.1) is 0 Å². The maximum Gasteiger partial charge on any atom is 0.164 e. The van der Waals surface area contributed by atoms with E-state index in [0.29, 0.717) is 17.5 Å². The SMILES string of the molecule is c1ccc(-c2nc(-c3ccccc3)nc(-c3ccc(-c4cccc5cc(-c6ccc(-c7ccccn7)cc6)ccc45)cc3)n2)cc1. The zero-order valence-electron chi connectivity index (χ0n) is 25.0. The van der Waals surface area contributed by atoms with Gasteiger partial charge in [0.2, 0.25) is 0 Å². The summed E-state index contributed by atoms with van der Waals surface area (Å²) in [5, 5.41) is 2.41. The Bertz CT molecular complexity index is 2210. The number of pyridine rings is 1. The first-order valence-corrected chi connectivity index (χ1v) is 15.3. The Balaban J connectivity index is 1.12. The van der Waals surface area contributed by atoms with Crippen molar-refractivity contribution in [1.29, 1.82) is 0 Å². The summed E-state index contributed by atoms with van der Waals surface area (Å²) in [7, 11) is 0. The Kier molecular flexibility index (Phi) is 7.14. The number of benzene rings is 6. The predicted molar refractivity (Wildman–Crippen MR) is 188 cm³/mol. The van der Waals surface area contributed by atoms with E-state index in [1.165, 1.54) is 27.5 Å². The molecule has 0 aliphatic heterocycles. The van der Waals surface area contributed by atoms with Gasteiger partial charge in [-0.05, 0) is 51.2 Å².